The average molecular weight is 536 g/mol. The Morgan fingerprint density at radius 2 is 1.84 bits per heavy atom. The summed E-state index contributed by atoms with van der Waals surface area (Å²) < 4.78 is 6.86. The van der Waals surface area contributed by atoms with Gasteiger partial charge >= 0.3 is 0 Å². The van der Waals surface area contributed by atoms with Gasteiger partial charge in [0.2, 0.25) is 0 Å². The number of rotatable bonds is 9. The second kappa shape index (κ2) is 12.1. The Hall–Kier alpha value is -3.11. The fourth-order valence-electron chi connectivity index (χ4n) is 3.24. The van der Waals surface area contributed by atoms with Crippen LogP contribution in [0.1, 0.15) is 28.7 Å². The van der Waals surface area contributed by atoms with Crippen LogP contribution in [0.25, 0.3) is 6.08 Å². The molecule has 0 atom stereocenters. The molecule has 1 N–H and O–H groups in total. The van der Waals surface area contributed by atoms with E-state index in [-0.39, 0.29) is 11.5 Å². The van der Waals surface area contributed by atoms with Gasteiger partial charge in [-0.05, 0) is 77.3 Å². The summed E-state index contributed by atoms with van der Waals surface area (Å²) in [6, 6.07) is 26.0. The molecule has 0 saturated carbocycles. The molecule has 0 aliphatic carbocycles. The lowest BCUT2D eigenvalue weighted by molar-refractivity contribution is -0.117. The molecule has 0 fully saturated rings. The highest BCUT2D eigenvalue weighted by Gasteiger charge is 2.10. The van der Waals surface area contributed by atoms with E-state index in [1.165, 1.54) is 11.1 Å². The van der Waals surface area contributed by atoms with Crippen molar-refractivity contribution in [1.82, 2.24) is 5.32 Å². The summed E-state index contributed by atoms with van der Waals surface area (Å²) in [4.78, 5) is 12.4. The Labute approximate surface area is 203 Å². The molecule has 0 aromatic heterocycles. The van der Waals surface area contributed by atoms with Gasteiger partial charge in [0.1, 0.15) is 24.0 Å². The maximum Gasteiger partial charge on any atom is 0.261 e. The van der Waals surface area contributed by atoms with Gasteiger partial charge in [-0.2, -0.15) is 5.26 Å². The van der Waals surface area contributed by atoms with E-state index >= 15 is 0 Å². The normalized spacial score (nSPS) is 11.0. The van der Waals surface area contributed by atoms with E-state index in [0.717, 1.165) is 33.3 Å². The van der Waals surface area contributed by atoms with Crippen molar-refractivity contribution in [2.45, 2.75) is 26.4 Å². The molecule has 5 heteroatoms. The lowest BCUT2D eigenvalue weighted by Gasteiger charge is -2.10. The lowest BCUT2D eigenvalue weighted by Crippen LogP contribution is -2.25. The predicted octanol–water partition coefficient (Wildman–Crippen LogP) is 5.83. The van der Waals surface area contributed by atoms with Crippen LogP contribution in [0.5, 0.6) is 5.75 Å². The molecule has 0 aliphatic heterocycles. The van der Waals surface area contributed by atoms with Crippen molar-refractivity contribution in [3.8, 4) is 11.8 Å². The number of carbonyl (C=O) groups is 1. The predicted molar refractivity (Wildman–Crippen MR) is 136 cm³/mol. The Balaban J connectivity index is 1.55. The number of ether oxygens (including phenoxy) is 1. The maximum atomic E-state index is 12.4. The zero-order valence-electron chi connectivity index (χ0n) is 18.0. The molecule has 0 spiro atoms. The number of halogens is 1. The zero-order valence-corrected chi connectivity index (χ0v) is 20.1. The highest BCUT2D eigenvalue weighted by atomic mass is 127. The first kappa shape index (κ1) is 23.6. The van der Waals surface area contributed by atoms with E-state index < -0.39 is 0 Å². The number of nitrogens with zero attached hydrogens (tertiary/aromatic N) is 1. The van der Waals surface area contributed by atoms with E-state index in [1.807, 2.05) is 54.6 Å². The summed E-state index contributed by atoms with van der Waals surface area (Å²) in [5, 5.41) is 12.3. The molecule has 0 aliphatic rings. The van der Waals surface area contributed by atoms with E-state index in [4.69, 9.17) is 4.74 Å². The molecular formula is C27H25IN2O2. The Morgan fingerprint density at radius 3 is 2.56 bits per heavy atom. The second-order valence-electron chi connectivity index (χ2n) is 7.48. The molecule has 0 radical (unpaired) electrons. The summed E-state index contributed by atoms with van der Waals surface area (Å²) >= 11 is 2.21. The van der Waals surface area contributed by atoms with Crippen LogP contribution in [0.2, 0.25) is 0 Å². The number of nitriles is 1. The van der Waals surface area contributed by atoms with Crippen LogP contribution in [-0.2, 0) is 17.8 Å². The highest BCUT2D eigenvalue weighted by Crippen LogP contribution is 2.24. The summed E-state index contributed by atoms with van der Waals surface area (Å²) in [5.74, 6) is 0.420. The van der Waals surface area contributed by atoms with Gasteiger partial charge in [-0.3, -0.25) is 4.79 Å². The van der Waals surface area contributed by atoms with Crippen LogP contribution in [0, 0.1) is 21.8 Å². The largest absolute Gasteiger partial charge is 0.488 e. The summed E-state index contributed by atoms with van der Waals surface area (Å²) in [6.07, 6.45) is 3.31. The van der Waals surface area contributed by atoms with Gasteiger partial charge in [0, 0.05) is 6.54 Å². The van der Waals surface area contributed by atoms with Crippen molar-refractivity contribution in [3.05, 3.63) is 104 Å². The van der Waals surface area contributed by atoms with Crippen molar-refractivity contribution in [2.24, 2.45) is 0 Å². The number of nitrogens with one attached hydrogen (secondary N) is 1. The van der Waals surface area contributed by atoms with Gasteiger partial charge in [0.25, 0.3) is 5.91 Å². The van der Waals surface area contributed by atoms with E-state index in [1.54, 1.807) is 6.08 Å². The molecule has 3 aromatic rings. The van der Waals surface area contributed by atoms with Crippen molar-refractivity contribution in [3.63, 3.8) is 0 Å². The third kappa shape index (κ3) is 7.24. The fourth-order valence-corrected chi connectivity index (χ4v) is 3.93. The third-order valence-corrected chi connectivity index (χ3v) is 5.72. The van der Waals surface area contributed by atoms with Crippen molar-refractivity contribution < 1.29 is 9.53 Å². The molecule has 3 rings (SSSR count). The molecule has 0 bridgehead atoms. The first-order valence-electron chi connectivity index (χ1n) is 10.5. The molecule has 1 amide bonds. The van der Waals surface area contributed by atoms with Gasteiger partial charge in [-0.15, -0.1) is 0 Å². The number of benzene rings is 3. The first-order valence-corrected chi connectivity index (χ1v) is 11.5. The Kier molecular flexibility index (Phi) is 8.88. The Bertz CT molecular complexity index is 1130. The number of carbonyl (C=O) groups excluding carboxylic acids is 1. The van der Waals surface area contributed by atoms with Gasteiger partial charge in [0.15, 0.2) is 0 Å². The first-order chi connectivity index (χ1) is 15.5. The van der Waals surface area contributed by atoms with Crippen LogP contribution in [0.15, 0.2) is 78.4 Å². The summed E-state index contributed by atoms with van der Waals surface area (Å²) in [7, 11) is 0. The molecule has 32 heavy (non-hydrogen) atoms. The minimum Gasteiger partial charge on any atom is -0.488 e. The maximum absolute atomic E-state index is 12.4. The molecule has 3 aromatic carbocycles. The number of hydrogen-bond acceptors (Lipinski definition) is 3. The molecule has 162 valence electrons. The summed E-state index contributed by atoms with van der Waals surface area (Å²) in [5.41, 5.74) is 4.42. The summed E-state index contributed by atoms with van der Waals surface area (Å²) in [6.45, 7) is 3.07. The van der Waals surface area contributed by atoms with Crippen molar-refractivity contribution in [2.75, 3.05) is 6.54 Å². The van der Waals surface area contributed by atoms with Crippen molar-refractivity contribution >= 4 is 34.6 Å². The van der Waals surface area contributed by atoms with Crippen LogP contribution >= 0.6 is 22.6 Å². The van der Waals surface area contributed by atoms with Crippen LogP contribution in [0.3, 0.4) is 0 Å². The van der Waals surface area contributed by atoms with Gasteiger partial charge in [-0.1, -0.05) is 66.2 Å². The molecule has 0 unspecified atom stereocenters. The second-order valence-corrected chi connectivity index (χ2v) is 8.64. The van der Waals surface area contributed by atoms with Crippen LogP contribution in [0.4, 0.5) is 0 Å². The third-order valence-electron chi connectivity index (χ3n) is 4.88. The average Bonchev–Trinajstić information content (AvgIpc) is 2.80. The standard InChI is InChI=1S/C27H25IN2O2/c1-20-7-5-10-23(15-20)19-32-26-13-12-22(17-25(26)28)16-24(18-29)27(31)30-14-6-11-21-8-3-2-4-9-21/h2-5,7-10,12-13,15-17H,6,11,14,19H2,1H3,(H,30,31)/b24-16-. The highest BCUT2D eigenvalue weighted by molar-refractivity contribution is 14.1. The minimum absolute atomic E-state index is 0.0916. The van der Waals surface area contributed by atoms with E-state index in [2.05, 4.69) is 59.1 Å². The van der Waals surface area contributed by atoms with Gasteiger partial charge < -0.3 is 10.1 Å². The molecular weight excluding hydrogens is 511 g/mol. The Morgan fingerprint density at radius 1 is 1.06 bits per heavy atom. The number of amides is 1. The molecule has 4 nitrogen and oxygen atoms in total. The quantitative estimate of drug-likeness (QED) is 0.162. The van der Waals surface area contributed by atoms with Crippen molar-refractivity contribution in [1.29, 1.82) is 5.26 Å². The van der Waals surface area contributed by atoms with Gasteiger partial charge in [0.05, 0.1) is 3.57 Å². The van der Waals surface area contributed by atoms with Gasteiger partial charge in [-0.25, -0.2) is 0 Å². The SMILES string of the molecule is Cc1cccc(COc2ccc(/C=C(/C#N)C(=O)NCCCc3ccccc3)cc2I)c1. The molecule has 0 saturated heterocycles. The van der Waals surface area contributed by atoms with E-state index in [0.29, 0.717) is 13.2 Å². The number of aryl methyl sites for hydroxylation is 2. The topological polar surface area (TPSA) is 62.1 Å². The minimum atomic E-state index is -0.352. The zero-order chi connectivity index (χ0) is 22.8. The van der Waals surface area contributed by atoms with Crippen LogP contribution in [-0.4, -0.2) is 12.5 Å². The number of hydrogen-bond donors (Lipinski definition) is 1. The van der Waals surface area contributed by atoms with Crippen LogP contribution < -0.4 is 10.1 Å². The lowest BCUT2D eigenvalue weighted by atomic mass is 10.1. The van der Waals surface area contributed by atoms with E-state index in [9.17, 15) is 10.1 Å². The monoisotopic (exact) mass is 536 g/mol. The molecule has 0 heterocycles. The fraction of sp³-hybridized carbons (Fsp3) is 0.185. The smallest absolute Gasteiger partial charge is 0.261 e.